The van der Waals surface area contributed by atoms with Crippen molar-refractivity contribution in [1.29, 1.82) is 0 Å². The molecule has 2 heterocycles. The lowest BCUT2D eigenvalue weighted by Gasteiger charge is -2.15. The number of para-hydroxylation sites is 3. The van der Waals surface area contributed by atoms with E-state index in [0.29, 0.717) is 16.7 Å². The maximum atomic E-state index is 13.7. The Hall–Kier alpha value is -4.96. The van der Waals surface area contributed by atoms with Crippen LogP contribution in [-0.4, -0.2) is 14.1 Å². The van der Waals surface area contributed by atoms with Crippen molar-refractivity contribution in [1.82, 2.24) is 14.1 Å². The Kier molecular flexibility index (Phi) is 4.57. The van der Waals surface area contributed by atoms with Crippen molar-refractivity contribution >= 4 is 32.7 Å². The fourth-order valence-electron chi connectivity index (χ4n) is 5.10. The van der Waals surface area contributed by atoms with Crippen LogP contribution in [0.4, 0.5) is 0 Å². The highest BCUT2D eigenvalue weighted by molar-refractivity contribution is 6.09. The third kappa shape index (κ3) is 3.08. The number of rotatable bonds is 3. The summed E-state index contributed by atoms with van der Waals surface area (Å²) in [6.45, 7) is 0. The molecule has 170 valence electrons. The third-order valence-corrected chi connectivity index (χ3v) is 6.75. The summed E-state index contributed by atoms with van der Waals surface area (Å²) in [6, 6.07) is 42.4. The monoisotopic (exact) mass is 463 g/mol. The van der Waals surface area contributed by atoms with E-state index in [1.165, 1.54) is 10.8 Å². The van der Waals surface area contributed by atoms with E-state index in [2.05, 4.69) is 65.2 Å². The SMILES string of the molecule is O=c1c2ccccc2nc(-c2ccccc2)n1-c1ccc(-n2c3ccccc3c3ccccc32)cc1. The Morgan fingerprint density at radius 3 is 1.61 bits per heavy atom. The molecule has 36 heavy (non-hydrogen) atoms. The molecule has 0 aliphatic carbocycles. The van der Waals surface area contributed by atoms with E-state index in [0.717, 1.165) is 28.0 Å². The molecule has 0 saturated carbocycles. The summed E-state index contributed by atoms with van der Waals surface area (Å²) in [4.78, 5) is 18.6. The quantitative estimate of drug-likeness (QED) is 0.279. The lowest BCUT2D eigenvalue weighted by atomic mass is 10.1. The molecule has 0 aliphatic heterocycles. The van der Waals surface area contributed by atoms with Crippen LogP contribution in [0.1, 0.15) is 0 Å². The first-order chi connectivity index (χ1) is 17.8. The van der Waals surface area contributed by atoms with Gasteiger partial charge in [-0.1, -0.05) is 78.9 Å². The Labute approximate surface area is 207 Å². The van der Waals surface area contributed by atoms with Gasteiger partial charge in [-0.3, -0.25) is 9.36 Å². The van der Waals surface area contributed by atoms with Gasteiger partial charge in [-0.25, -0.2) is 4.98 Å². The average Bonchev–Trinajstić information content (AvgIpc) is 3.28. The van der Waals surface area contributed by atoms with Gasteiger partial charge in [0.2, 0.25) is 0 Å². The molecular formula is C32H21N3O. The van der Waals surface area contributed by atoms with E-state index in [-0.39, 0.29) is 5.56 Å². The molecule has 0 amide bonds. The minimum Gasteiger partial charge on any atom is -0.309 e. The number of aromatic nitrogens is 3. The van der Waals surface area contributed by atoms with Gasteiger partial charge in [0, 0.05) is 22.0 Å². The molecule has 0 bridgehead atoms. The molecule has 0 spiro atoms. The number of nitrogens with zero attached hydrogens (tertiary/aromatic N) is 3. The fraction of sp³-hybridized carbons (Fsp3) is 0. The van der Waals surface area contributed by atoms with Gasteiger partial charge in [-0.05, 0) is 48.5 Å². The van der Waals surface area contributed by atoms with Gasteiger partial charge in [-0.15, -0.1) is 0 Å². The zero-order valence-electron chi connectivity index (χ0n) is 19.4. The fourth-order valence-corrected chi connectivity index (χ4v) is 5.10. The van der Waals surface area contributed by atoms with Crippen molar-refractivity contribution in [3.05, 3.63) is 138 Å². The van der Waals surface area contributed by atoms with E-state index in [1.807, 2.05) is 66.7 Å². The van der Waals surface area contributed by atoms with Gasteiger partial charge < -0.3 is 4.57 Å². The summed E-state index contributed by atoms with van der Waals surface area (Å²) in [6.07, 6.45) is 0. The van der Waals surface area contributed by atoms with Gasteiger partial charge in [0.15, 0.2) is 0 Å². The van der Waals surface area contributed by atoms with Crippen LogP contribution >= 0.6 is 0 Å². The summed E-state index contributed by atoms with van der Waals surface area (Å²) in [5, 5.41) is 3.04. The second-order valence-corrected chi connectivity index (χ2v) is 8.85. The Bertz CT molecular complexity index is 1900. The number of hydrogen-bond donors (Lipinski definition) is 0. The molecule has 2 aromatic heterocycles. The predicted molar refractivity (Wildman–Crippen MR) is 147 cm³/mol. The molecule has 0 N–H and O–H groups in total. The van der Waals surface area contributed by atoms with Gasteiger partial charge in [-0.2, -0.15) is 0 Å². The molecule has 5 aromatic carbocycles. The Morgan fingerprint density at radius 2 is 0.972 bits per heavy atom. The molecule has 4 nitrogen and oxygen atoms in total. The first kappa shape index (κ1) is 20.4. The van der Waals surface area contributed by atoms with Gasteiger partial charge >= 0.3 is 0 Å². The van der Waals surface area contributed by atoms with Crippen molar-refractivity contribution in [2.45, 2.75) is 0 Å². The first-order valence-electron chi connectivity index (χ1n) is 12.0. The number of fused-ring (bicyclic) bond motifs is 4. The molecule has 7 aromatic rings. The molecule has 0 saturated heterocycles. The molecule has 0 unspecified atom stereocenters. The van der Waals surface area contributed by atoms with Gasteiger partial charge in [0.1, 0.15) is 5.82 Å². The Morgan fingerprint density at radius 1 is 0.472 bits per heavy atom. The molecule has 7 rings (SSSR count). The molecule has 0 radical (unpaired) electrons. The van der Waals surface area contributed by atoms with E-state index < -0.39 is 0 Å². The minimum absolute atomic E-state index is 0.0796. The van der Waals surface area contributed by atoms with Crippen LogP contribution in [0.2, 0.25) is 0 Å². The van der Waals surface area contributed by atoms with Crippen LogP contribution in [0, 0.1) is 0 Å². The largest absolute Gasteiger partial charge is 0.309 e. The number of hydrogen-bond acceptors (Lipinski definition) is 2. The first-order valence-corrected chi connectivity index (χ1v) is 12.0. The summed E-state index contributed by atoms with van der Waals surface area (Å²) in [7, 11) is 0. The van der Waals surface area contributed by atoms with Crippen LogP contribution in [0.25, 0.3) is 55.5 Å². The van der Waals surface area contributed by atoms with Crippen LogP contribution < -0.4 is 5.56 Å². The summed E-state index contributed by atoms with van der Waals surface area (Å²) < 4.78 is 3.99. The summed E-state index contributed by atoms with van der Waals surface area (Å²) in [5.74, 6) is 0.629. The van der Waals surface area contributed by atoms with Crippen molar-refractivity contribution in [2.75, 3.05) is 0 Å². The maximum Gasteiger partial charge on any atom is 0.266 e. The number of benzene rings is 5. The highest BCUT2D eigenvalue weighted by Gasteiger charge is 2.15. The lowest BCUT2D eigenvalue weighted by molar-refractivity contribution is 0.974. The van der Waals surface area contributed by atoms with Gasteiger partial charge in [0.05, 0.1) is 27.6 Å². The van der Waals surface area contributed by atoms with Crippen molar-refractivity contribution in [2.24, 2.45) is 0 Å². The molecule has 4 heteroatoms. The minimum atomic E-state index is -0.0796. The lowest BCUT2D eigenvalue weighted by Crippen LogP contribution is -2.22. The highest BCUT2D eigenvalue weighted by Crippen LogP contribution is 2.32. The van der Waals surface area contributed by atoms with E-state index in [1.54, 1.807) is 4.57 Å². The zero-order chi connectivity index (χ0) is 24.1. The van der Waals surface area contributed by atoms with E-state index >= 15 is 0 Å². The standard InChI is InChI=1S/C32H21N3O/c36-32-27-14-4-7-15-28(27)33-31(22-10-2-1-3-11-22)35(32)24-20-18-23(19-21-24)34-29-16-8-5-12-25(29)26-13-6-9-17-30(26)34/h1-21H. The topological polar surface area (TPSA) is 39.8 Å². The zero-order valence-corrected chi connectivity index (χ0v) is 19.4. The molecule has 0 fully saturated rings. The molecular weight excluding hydrogens is 442 g/mol. The molecule has 0 aliphatic rings. The van der Waals surface area contributed by atoms with Crippen molar-refractivity contribution < 1.29 is 0 Å². The molecule has 0 atom stereocenters. The normalized spacial score (nSPS) is 11.4. The second kappa shape index (κ2) is 8.07. The summed E-state index contributed by atoms with van der Waals surface area (Å²) >= 11 is 0. The maximum absolute atomic E-state index is 13.7. The smallest absolute Gasteiger partial charge is 0.266 e. The highest BCUT2D eigenvalue weighted by atomic mass is 16.1. The van der Waals surface area contributed by atoms with Crippen LogP contribution in [-0.2, 0) is 0 Å². The van der Waals surface area contributed by atoms with Crippen LogP contribution in [0.5, 0.6) is 0 Å². The average molecular weight is 464 g/mol. The predicted octanol–water partition coefficient (Wildman–Crippen LogP) is 7.15. The van der Waals surface area contributed by atoms with Crippen LogP contribution in [0.15, 0.2) is 132 Å². The second-order valence-electron chi connectivity index (χ2n) is 8.85. The Balaban J connectivity index is 1.45. The summed E-state index contributed by atoms with van der Waals surface area (Å²) in [5.41, 5.74) is 5.64. The third-order valence-electron chi connectivity index (χ3n) is 6.75. The van der Waals surface area contributed by atoms with Crippen molar-refractivity contribution in [3.63, 3.8) is 0 Å². The van der Waals surface area contributed by atoms with Gasteiger partial charge in [0.25, 0.3) is 5.56 Å². The van der Waals surface area contributed by atoms with Crippen LogP contribution in [0.3, 0.4) is 0 Å². The van der Waals surface area contributed by atoms with E-state index in [9.17, 15) is 4.79 Å². The van der Waals surface area contributed by atoms with Crippen molar-refractivity contribution in [3.8, 4) is 22.8 Å². The van der Waals surface area contributed by atoms with E-state index in [4.69, 9.17) is 4.98 Å².